The second-order valence-corrected chi connectivity index (χ2v) is 15.3. The van der Waals surface area contributed by atoms with Gasteiger partial charge in [0.2, 0.25) is 0 Å². The van der Waals surface area contributed by atoms with Gasteiger partial charge in [-0.15, -0.1) is 0 Å². The predicted octanol–water partition coefficient (Wildman–Crippen LogP) is 15.8. The Morgan fingerprint density at radius 3 is 1.42 bits per heavy atom. The van der Waals surface area contributed by atoms with Crippen LogP contribution in [0, 0.1) is 0 Å². The zero-order valence-corrected chi connectivity index (χ0v) is 33.8. The molecule has 3 heteroatoms. The van der Waals surface area contributed by atoms with Crippen molar-refractivity contribution in [2.24, 2.45) is 0 Å². The first-order valence-electron chi connectivity index (χ1n) is 21.7. The highest BCUT2D eigenvalue weighted by Crippen LogP contribution is 2.30. The second kappa shape index (κ2) is 27.7. The Hall–Kier alpha value is -2.91. The van der Waals surface area contributed by atoms with Crippen molar-refractivity contribution in [1.29, 1.82) is 0 Å². The molecule has 3 aromatic carbocycles. The zero-order valence-electron chi connectivity index (χ0n) is 33.8. The summed E-state index contributed by atoms with van der Waals surface area (Å²) in [4.78, 5) is 13.0. The number of hydrogen-bond donors (Lipinski definition) is 0. The van der Waals surface area contributed by atoms with Crippen molar-refractivity contribution in [2.45, 2.75) is 187 Å². The van der Waals surface area contributed by atoms with E-state index in [1.807, 2.05) is 36.4 Å². The van der Waals surface area contributed by atoms with E-state index in [2.05, 4.69) is 64.1 Å². The summed E-state index contributed by atoms with van der Waals surface area (Å²) in [5, 5.41) is 0. The fourth-order valence-electron chi connectivity index (χ4n) is 7.37. The largest absolute Gasteiger partial charge is 0.423 e. The lowest BCUT2D eigenvalue weighted by atomic mass is 9.89. The Bertz CT molecular complexity index is 1290. The number of ether oxygens (including phenoxy) is 2. The molecule has 0 spiro atoms. The number of esters is 1. The van der Waals surface area contributed by atoms with Crippen molar-refractivity contribution in [3.63, 3.8) is 0 Å². The van der Waals surface area contributed by atoms with Crippen LogP contribution in [0.25, 0.3) is 11.1 Å². The summed E-state index contributed by atoms with van der Waals surface area (Å²) in [6.07, 6.45) is 30.9. The first kappa shape index (κ1) is 43.5. The first-order chi connectivity index (χ1) is 25.5. The van der Waals surface area contributed by atoms with Crippen LogP contribution in [-0.4, -0.2) is 12.6 Å². The molecule has 3 nitrogen and oxygen atoms in total. The number of unbranched alkanes of at least 4 members (excludes halogenated alkanes) is 18. The smallest absolute Gasteiger partial charge is 0.343 e. The summed E-state index contributed by atoms with van der Waals surface area (Å²) < 4.78 is 11.9. The minimum atomic E-state index is -0.323. The molecule has 288 valence electrons. The maximum atomic E-state index is 13.0. The SMILES string of the molecule is CCCCCCCCCCCCCCCCOC(C)c1ccc(-c2ccc(C(=O)Oc3ccc(C(CCC)CCCCCCCC)cc3)cc2)cc1. The van der Waals surface area contributed by atoms with E-state index in [-0.39, 0.29) is 12.1 Å². The highest BCUT2D eigenvalue weighted by molar-refractivity contribution is 5.91. The summed E-state index contributed by atoms with van der Waals surface area (Å²) in [6, 6.07) is 24.6. The van der Waals surface area contributed by atoms with Gasteiger partial charge in [-0.25, -0.2) is 4.79 Å². The van der Waals surface area contributed by atoms with Crippen molar-refractivity contribution in [1.82, 2.24) is 0 Å². The van der Waals surface area contributed by atoms with Crippen LogP contribution >= 0.6 is 0 Å². The van der Waals surface area contributed by atoms with Crippen LogP contribution in [0.15, 0.2) is 72.8 Å². The third kappa shape index (κ3) is 17.7. The molecule has 0 aliphatic rings. The van der Waals surface area contributed by atoms with E-state index in [4.69, 9.17) is 9.47 Å². The molecule has 0 radical (unpaired) electrons. The van der Waals surface area contributed by atoms with Crippen LogP contribution in [0.5, 0.6) is 5.75 Å². The molecule has 0 N–H and O–H groups in total. The summed E-state index contributed by atoms with van der Waals surface area (Å²) in [6.45, 7) is 9.79. The monoisotopic (exact) mass is 711 g/mol. The third-order valence-corrected chi connectivity index (χ3v) is 10.8. The van der Waals surface area contributed by atoms with Crippen LogP contribution in [0.2, 0.25) is 0 Å². The summed E-state index contributed by atoms with van der Waals surface area (Å²) >= 11 is 0. The molecular weight excluding hydrogens is 637 g/mol. The average molecular weight is 711 g/mol. The maximum absolute atomic E-state index is 13.0. The number of benzene rings is 3. The van der Waals surface area contributed by atoms with Crippen LogP contribution in [0.1, 0.15) is 209 Å². The van der Waals surface area contributed by atoms with Crippen molar-refractivity contribution in [2.75, 3.05) is 6.61 Å². The van der Waals surface area contributed by atoms with E-state index in [1.54, 1.807) is 0 Å². The highest BCUT2D eigenvalue weighted by atomic mass is 16.5. The third-order valence-electron chi connectivity index (χ3n) is 10.8. The van der Waals surface area contributed by atoms with Gasteiger partial charge in [0, 0.05) is 6.61 Å². The molecule has 0 aliphatic heterocycles. The van der Waals surface area contributed by atoms with Gasteiger partial charge < -0.3 is 9.47 Å². The summed E-state index contributed by atoms with van der Waals surface area (Å²) in [7, 11) is 0. The molecule has 2 atom stereocenters. The second-order valence-electron chi connectivity index (χ2n) is 15.3. The Morgan fingerprint density at radius 2 is 0.923 bits per heavy atom. The van der Waals surface area contributed by atoms with Gasteiger partial charge in [-0.05, 0) is 78.6 Å². The van der Waals surface area contributed by atoms with Crippen LogP contribution in [0.3, 0.4) is 0 Å². The molecule has 0 bridgehead atoms. The Kier molecular flexibility index (Phi) is 23.1. The molecule has 0 saturated heterocycles. The van der Waals surface area contributed by atoms with Gasteiger partial charge in [-0.2, -0.15) is 0 Å². The highest BCUT2D eigenvalue weighted by Gasteiger charge is 2.13. The Balaban J connectivity index is 1.32. The average Bonchev–Trinajstić information content (AvgIpc) is 3.17. The molecule has 2 unspecified atom stereocenters. The minimum absolute atomic E-state index is 0.0834. The molecule has 3 aromatic rings. The minimum Gasteiger partial charge on any atom is -0.423 e. The number of carbonyl (C=O) groups excluding carboxylic acids is 1. The van der Waals surface area contributed by atoms with E-state index in [9.17, 15) is 4.79 Å². The standard InChI is InChI=1S/C49H74O3/c1-5-8-10-12-14-15-16-17-18-19-20-21-23-25-40-51-41(4)42-28-30-44(31-29-42)45-32-34-47(35-33-45)49(50)52-48-38-36-46(37-39-48)43(26-7-3)27-24-22-13-11-9-6-2/h28-39,41,43H,5-27,40H2,1-4H3. The van der Waals surface area contributed by atoms with E-state index < -0.39 is 0 Å². The first-order valence-corrected chi connectivity index (χ1v) is 21.7. The van der Waals surface area contributed by atoms with Crippen molar-refractivity contribution in [3.05, 3.63) is 89.5 Å². The number of hydrogen-bond acceptors (Lipinski definition) is 3. The molecule has 0 amide bonds. The normalized spacial score (nSPS) is 12.5. The number of rotatable bonds is 30. The van der Waals surface area contributed by atoms with E-state index in [0.717, 1.165) is 24.2 Å². The van der Waals surface area contributed by atoms with Crippen molar-refractivity contribution < 1.29 is 14.3 Å². The fraction of sp³-hybridized carbons (Fsp3) is 0.612. The Morgan fingerprint density at radius 1 is 0.481 bits per heavy atom. The summed E-state index contributed by atoms with van der Waals surface area (Å²) in [5.74, 6) is 0.859. The molecule has 0 fully saturated rings. The quantitative estimate of drug-likeness (QED) is 0.0392. The molecule has 52 heavy (non-hydrogen) atoms. The van der Waals surface area contributed by atoms with Crippen LogP contribution < -0.4 is 4.74 Å². The lowest BCUT2D eigenvalue weighted by Crippen LogP contribution is -2.08. The van der Waals surface area contributed by atoms with Gasteiger partial charge in [0.1, 0.15) is 5.75 Å². The van der Waals surface area contributed by atoms with Gasteiger partial charge in [0.15, 0.2) is 0 Å². The van der Waals surface area contributed by atoms with Gasteiger partial charge >= 0.3 is 5.97 Å². The van der Waals surface area contributed by atoms with E-state index >= 15 is 0 Å². The zero-order chi connectivity index (χ0) is 37.1. The van der Waals surface area contributed by atoms with E-state index in [1.165, 1.54) is 152 Å². The molecule has 0 aromatic heterocycles. The van der Waals surface area contributed by atoms with Gasteiger partial charge in [0.25, 0.3) is 0 Å². The Labute approximate surface area is 319 Å². The van der Waals surface area contributed by atoms with Crippen molar-refractivity contribution in [3.8, 4) is 16.9 Å². The van der Waals surface area contributed by atoms with E-state index in [0.29, 0.717) is 17.2 Å². The van der Waals surface area contributed by atoms with Gasteiger partial charge in [0.05, 0.1) is 11.7 Å². The number of carbonyl (C=O) groups is 1. The molecular formula is C49H74O3. The lowest BCUT2D eigenvalue weighted by molar-refractivity contribution is 0.0627. The topological polar surface area (TPSA) is 35.5 Å². The van der Waals surface area contributed by atoms with Crippen LogP contribution in [0.4, 0.5) is 0 Å². The van der Waals surface area contributed by atoms with Gasteiger partial charge in [-0.3, -0.25) is 0 Å². The predicted molar refractivity (Wildman–Crippen MR) is 224 cm³/mol. The summed E-state index contributed by atoms with van der Waals surface area (Å²) in [5.41, 5.74) is 5.32. The van der Waals surface area contributed by atoms with Gasteiger partial charge in [-0.1, -0.05) is 198 Å². The van der Waals surface area contributed by atoms with Crippen LogP contribution in [-0.2, 0) is 4.74 Å². The lowest BCUT2D eigenvalue weighted by Gasteiger charge is -2.17. The fourth-order valence-corrected chi connectivity index (χ4v) is 7.37. The molecule has 3 rings (SSSR count). The maximum Gasteiger partial charge on any atom is 0.343 e. The molecule has 0 heterocycles. The molecule has 0 aliphatic carbocycles. The van der Waals surface area contributed by atoms with Crippen molar-refractivity contribution >= 4 is 5.97 Å². The molecule has 0 saturated carbocycles.